The summed E-state index contributed by atoms with van der Waals surface area (Å²) in [5.41, 5.74) is 1.77. The number of hydrogen-bond donors (Lipinski definition) is 2. The highest BCUT2D eigenvalue weighted by Crippen LogP contribution is 2.30. The van der Waals surface area contributed by atoms with Gasteiger partial charge in [-0.05, 0) is 36.1 Å². The minimum atomic E-state index is -1.09. The standard InChI is InChI=1S/C30H35N5O7/c1-4-15-33-20-27(36)34-23(11-13-28(37)38)29(39)32(16-14-21-10-12-24(41-2)25(17-21)42-3)19-26(34)35(33)30(40)31-18-22-8-6-5-7-9-22/h1,5-10,12,17,23,26H,11,13-16,18-20H2,2-3H3,(H,31,40)(H,37,38)/t23-,26-/m0/s1. The number of benzene rings is 2. The van der Waals surface area contributed by atoms with Crippen LogP contribution in [0, 0.1) is 12.3 Å². The van der Waals surface area contributed by atoms with E-state index in [0.717, 1.165) is 11.1 Å². The molecule has 0 aliphatic carbocycles. The van der Waals surface area contributed by atoms with Gasteiger partial charge in [0.25, 0.3) is 0 Å². The molecule has 2 aromatic rings. The average Bonchev–Trinajstić information content (AvgIpc) is 2.99. The third-order valence-corrected chi connectivity index (χ3v) is 7.35. The van der Waals surface area contributed by atoms with Crippen molar-refractivity contribution in [2.24, 2.45) is 0 Å². The van der Waals surface area contributed by atoms with Crippen LogP contribution in [0.5, 0.6) is 11.5 Å². The molecule has 0 spiro atoms. The summed E-state index contributed by atoms with van der Waals surface area (Å²) in [6.45, 7) is 0.313. The van der Waals surface area contributed by atoms with Gasteiger partial charge in [-0.3, -0.25) is 14.4 Å². The number of amides is 4. The number of nitrogens with one attached hydrogen (secondary N) is 1. The summed E-state index contributed by atoms with van der Waals surface area (Å²) in [4.78, 5) is 55.1. The predicted molar refractivity (Wildman–Crippen MR) is 152 cm³/mol. The second-order valence-corrected chi connectivity index (χ2v) is 9.97. The van der Waals surface area contributed by atoms with E-state index in [4.69, 9.17) is 15.9 Å². The van der Waals surface area contributed by atoms with Crippen molar-refractivity contribution < 1.29 is 33.8 Å². The van der Waals surface area contributed by atoms with Crippen molar-refractivity contribution in [3.05, 3.63) is 59.7 Å². The van der Waals surface area contributed by atoms with Gasteiger partial charge in [-0.2, -0.15) is 5.01 Å². The smallest absolute Gasteiger partial charge is 0.334 e. The number of hydrazine groups is 1. The van der Waals surface area contributed by atoms with E-state index >= 15 is 0 Å². The quantitative estimate of drug-likeness (QED) is 0.385. The lowest BCUT2D eigenvalue weighted by Gasteiger charge is -2.54. The van der Waals surface area contributed by atoms with Crippen molar-refractivity contribution in [1.29, 1.82) is 0 Å². The van der Waals surface area contributed by atoms with E-state index in [2.05, 4.69) is 11.2 Å². The summed E-state index contributed by atoms with van der Waals surface area (Å²) >= 11 is 0. The van der Waals surface area contributed by atoms with Crippen LogP contribution < -0.4 is 14.8 Å². The molecule has 42 heavy (non-hydrogen) atoms. The molecule has 0 unspecified atom stereocenters. The van der Waals surface area contributed by atoms with Crippen LogP contribution in [0.1, 0.15) is 24.0 Å². The minimum Gasteiger partial charge on any atom is -0.493 e. The van der Waals surface area contributed by atoms with Gasteiger partial charge in [0.15, 0.2) is 11.5 Å². The van der Waals surface area contributed by atoms with Crippen LogP contribution in [-0.4, -0.2) is 101 Å². The van der Waals surface area contributed by atoms with Gasteiger partial charge in [-0.1, -0.05) is 42.3 Å². The zero-order chi connectivity index (χ0) is 30.2. The second-order valence-electron chi connectivity index (χ2n) is 9.97. The van der Waals surface area contributed by atoms with E-state index in [9.17, 15) is 24.3 Å². The Labute approximate surface area is 244 Å². The third kappa shape index (κ3) is 6.75. The summed E-state index contributed by atoms with van der Waals surface area (Å²) in [7, 11) is 3.08. The second kappa shape index (κ2) is 13.7. The van der Waals surface area contributed by atoms with E-state index in [1.54, 1.807) is 18.1 Å². The molecule has 0 aromatic heterocycles. The number of urea groups is 1. The van der Waals surface area contributed by atoms with Crippen LogP contribution in [0.3, 0.4) is 0 Å². The fourth-order valence-electron chi connectivity index (χ4n) is 5.33. The lowest BCUT2D eigenvalue weighted by atomic mass is 10.0. The number of rotatable bonds is 11. The Morgan fingerprint density at radius 2 is 1.81 bits per heavy atom. The monoisotopic (exact) mass is 577 g/mol. The van der Waals surface area contributed by atoms with Crippen LogP contribution >= 0.6 is 0 Å². The Kier molecular flexibility index (Phi) is 9.88. The van der Waals surface area contributed by atoms with Gasteiger partial charge < -0.3 is 29.7 Å². The predicted octanol–water partition coefficient (Wildman–Crippen LogP) is 1.55. The molecule has 0 bridgehead atoms. The number of nitrogens with zero attached hydrogens (tertiary/aromatic N) is 4. The normalized spacial score (nSPS) is 18.7. The van der Waals surface area contributed by atoms with Gasteiger partial charge in [0.2, 0.25) is 11.8 Å². The van der Waals surface area contributed by atoms with Crippen molar-refractivity contribution in [3.63, 3.8) is 0 Å². The first-order valence-corrected chi connectivity index (χ1v) is 13.6. The van der Waals surface area contributed by atoms with E-state index < -0.39 is 30.1 Å². The number of carboxylic acids is 1. The van der Waals surface area contributed by atoms with Gasteiger partial charge in [0.05, 0.1) is 33.9 Å². The van der Waals surface area contributed by atoms with Crippen LogP contribution in [-0.2, 0) is 27.3 Å². The first kappa shape index (κ1) is 30.2. The molecule has 2 atom stereocenters. The maximum Gasteiger partial charge on any atom is 0.334 e. The number of methoxy groups -OCH3 is 2. The number of hydrogen-bond acceptors (Lipinski definition) is 7. The molecule has 0 radical (unpaired) electrons. The zero-order valence-electron chi connectivity index (χ0n) is 23.7. The molecule has 2 aliphatic rings. The lowest BCUT2D eigenvalue weighted by molar-refractivity contribution is -0.189. The summed E-state index contributed by atoms with van der Waals surface area (Å²) in [5.74, 6) is 1.78. The SMILES string of the molecule is C#CCN1CC(=O)N2[C@@H](CCC(=O)O)C(=O)N(CCc3ccc(OC)c(OC)c3)C[C@@H]2N1C(=O)NCc1ccccc1. The molecule has 2 saturated heterocycles. The highest BCUT2D eigenvalue weighted by molar-refractivity contribution is 5.91. The molecule has 2 aromatic carbocycles. The summed E-state index contributed by atoms with van der Waals surface area (Å²) in [5, 5.41) is 15.2. The van der Waals surface area contributed by atoms with Gasteiger partial charge >= 0.3 is 12.0 Å². The summed E-state index contributed by atoms with van der Waals surface area (Å²) in [6, 6.07) is 13.3. The molecule has 2 aliphatic heterocycles. The minimum absolute atomic E-state index is 0.00574. The van der Waals surface area contributed by atoms with E-state index in [0.29, 0.717) is 17.9 Å². The van der Waals surface area contributed by atoms with Crippen molar-refractivity contribution in [2.45, 2.75) is 38.0 Å². The van der Waals surface area contributed by atoms with Crippen molar-refractivity contribution in [3.8, 4) is 23.8 Å². The number of piperazine rings is 1. The zero-order valence-corrected chi connectivity index (χ0v) is 23.7. The maximum absolute atomic E-state index is 13.7. The first-order chi connectivity index (χ1) is 20.3. The summed E-state index contributed by atoms with van der Waals surface area (Å²) < 4.78 is 10.7. The molecule has 2 N–H and O–H groups in total. The molecule has 0 saturated carbocycles. The van der Waals surface area contributed by atoms with E-state index in [1.807, 2.05) is 42.5 Å². The van der Waals surface area contributed by atoms with Crippen molar-refractivity contribution in [1.82, 2.24) is 25.1 Å². The number of aliphatic carboxylic acids is 1. The van der Waals surface area contributed by atoms with Gasteiger partial charge in [0, 0.05) is 19.5 Å². The molecule has 2 fully saturated rings. The average molecular weight is 578 g/mol. The third-order valence-electron chi connectivity index (χ3n) is 7.35. The highest BCUT2D eigenvalue weighted by Gasteiger charge is 2.51. The molecule has 4 rings (SSSR count). The number of terminal acetylenes is 1. The molecular weight excluding hydrogens is 542 g/mol. The maximum atomic E-state index is 13.7. The lowest BCUT2D eigenvalue weighted by Crippen LogP contribution is -2.76. The van der Waals surface area contributed by atoms with Crippen molar-refractivity contribution >= 4 is 23.8 Å². The Balaban J connectivity index is 1.62. The Morgan fingerprint density at radius 3 is 2.48 bits per heavy atom. The van der Waals surface area contributed by atoms with Crippen LogP contribution in [0.15, 0.2) is 48.5 Å². The first-order valence-electron chi connectivity index (χ1n) is 13.6. The number of carbonyl (C=O) groups excluding carboxylic acids is 3. The molecule has 4 amide bonds. The van der Waals surface area contributed by atoms with Gasteiger partial charge in [-0.25, -0.2) is 9.80 Å². The largest absolute Gasteiger partial charge is 0.493 e. The number of fused-ring (bicyclic) bond motifs is 1. The van der Waals surface area contributed by atoms with Crippen LogP contribution in [0.2, 0.25) is 0 Å². The Bertz CT molecular complexity index is 1350. The molecule has 12 nitrogen and oxygen atoms in total. The molecular formula is C30H35N5O7. The highest BCUT2D eigenvalue weighted by atomic mass is 16.5. The van der Waals surface area contributed by atoms with Gasteiger partial charge in [0.1, 0.15) is 12.2 Å². The Morgan fingerprint density at radius 1 is 1.07 bits per heavy atom. The van der Waals surface area contributed by atoms with Crippen molar-refractivity contribution in [2.75, 3.05) is 40.4 Å². The van der Waals surface area contributed by atoms with Crippen LogP contribution in [0.25, 0.3) is 0 Å². The topological polar surface area (TPSA) is 132 Å². The number of carboxylic acid groups (broad SMARTS) is 1. The number of ether oxygens (including phenoxy) is 2. The fraction of sp³-hybridized carbons (Fsp3) is 0.400. The van der Waals surface area contributed by atoms with E-state index in [1.165, 1.54) is 22.0 Å². The molecule has 2 heterocycles. The number of carbonyl (C=O) groups is 4. The summed E-state index contributed by atoms with van der Waals surface area (Å²) in [6.07, 6.45) is 4.76. The fourth-order valence-corrected chi connectivity index (χ4v) is 5.33. The van der Waals surface area contributed by atoms with Gasteiger partial charge in [-0.15, -0.1) is 6.42 Å². The Hall–Kier alpha value is -4.76. The van der Waals surface area contributed by atoms with E-state index in [-0.39, 0.29) is 51.5 Å². The molecule has 12 heteroatoms. The van der Waals surface area contributed by atoms with Crippen LogP contribution in [0.4, 0.5) is 4.79 Å². The molecule has 222 valence electrons.